The van der Waals surface area contributed by atoms with Crippen LogP contribution in [-0.2, 0) is 15.0 Å². The van der Waals surface area contributed by atoms with Crippen molar-refractivity contribution in [3.63, 3.8) is 0 Å². The van der Waals surface area contributed by atoms with Crippen LogP contribution in [0.3, 0.4) is 0 Å². The molecule has 2 rings (SSSR count). The van der Waals surface area contributed by atoms with Gasteiger partial charge in [0.1, 0.15) is 0 Å². The maximum atomic E-state index is 12.1. The summed E-state index contributed by atoms with van der Waals surface area (Å²) in [6.45, 7) is 5.81. The molecule has 2 atom stereocenters. The van der Waals surface area contributed by atoms with E-state index in [0.29, 0.717) is 0 Å². The number of rotatable bonds is 2. The largest absolute Gasteiger partial charge is 0.295 e. The zero-order valence-corrected chi connectivity index (χ0v) is 10.4. The quantitative estimate of drug-likeness (QED) is 0.790. The first-order valence-electron chi connectivity index (χ1n) is 5.88. The highest BCUT2D eigenvalue weighted by atomic mass is 16.2. The van der Waals surface area contributed by atoms with Gasteiger partial charge in [0, 0.05) is 0 Å². The molecule has 1 aromatic carbocycles. The van der Waals surface area contributed by atoms with Crippen molar-refractivity contribution in [3.8, 4) is 0 Å². The predicted molar refractivity (Wildman–Crippen MR) is 65.3 cm³/mol. The van der Waals surface area contributed by atoms with Gasteiger partial charge in [-0.05, 0) is 18.4 Å². The number of imide groups is 1. The minimum absolute atomic E-state index is 0.131. The van der Waals surface area contributed by atoms with E-state index in [1.807, 2.05) is 51.1 Å². The Kier molecular flexibility index (Phi) is 2.77. The lowest BCUT2D eigenvalue weighted by Crippen LogP contribution is -2.38. The molecule has 2 amide bonds. The topological polar surface area (TPSA) is 46.2 Å². The van der Waals surface area contributed by atoms with Crippen molar-refractivity contribution in [3.05, 3.63) is 35.9 Å². The highest BCUT2D eigenvalue weighted by Crippen LogP contribution is 2.40. The molecular formula is C14H17NO2. The first-order valence-corrected chi connectivity index (χ1v) is 5.88. The molecule has 1 aliphatic heterocycles. The fourth-order valence-corrected chi connectivity index (χ4v) is 2.79. The van der Waals surface area contributed by atoms with Gasteiger partial charge in [0.2, 0.25) is 11.8 Å². The van der Waals surface area contributed by atoms with E-state index in [2.05, 4.69) is 5.32 Å². The average molecular weight is 231 g/mol. The molecular weight excluding hydrogens is 214 g/mol. The highest BCUT2D eigenvalue weighted by Gasteiger charge is 2.53. The first kappa shape index (κ1) is 11.8. The molecule has 0 saturated carbocycles. The number of carbonyl (C=O) groups excluding carboxylic acids is 2. The van der Waals surface area contributed by atoms with Gasteiger partial charge in [0.25, 0.3) is 0 Å². The van der Waals surface area contributed by atoms with Crippen molar-refractivity contribution in [1.82, 2.24) is 5.32 Å². The van der Waals surface area contributed by atoms with E-state index in [4.69, 9.17) is 0 Å². The van der Waals surface area contributed by atoms with Crippen LogP contribution in [0.4, 0.5) is 0 Å². The fraction of sp³-hybridized carbons (Fsp3) is 0.429. The van der Waals surface area contributed by atoms with E-state index in [-0.39, 0.29) is 23.7 Å². The molecule has 1 N–H and O–H groups in total. The Bertz CT molecular complexity index is 453. The van der Waals surface area contributed by atoms with Crippen LogP contribution in [0.15, 0.2) is 30.3 Å². The predicted octanol–water partition coefficient (Wildman–Crippen LogP) is 1.87. The number of amides is 2. The maximum Gasteiger partial charge on any atom is 0.237 e. The second kappa shape index (κ2) is 3.99. The van der Waals surface area contributed by atoms with Crippen molar-refractivity contribution < 1.29 is 9.59 Å². The highest BCUT2D eigenvalue weighted by molar-refractivity contribution is 6.10. The lowest BCUT2D eigenvalue weighted by molar-refractivity contribution is -0.126. The van der Waals surface area contributed by atoms with Gasteiger partial charge in [0.05, 0.1) is 11.3 Å². The standard InChI is InChI=1S/C14H17NO2/c1-9(2)11-12(16)15-13(17)14(11,3)10-7-5-4-6-8-10/h4-9,11H,1-3H3,(H,15,16,17)/t11-,14+/m1/s1. The normalized spacial score (nSPS) is 28.6. The summed E-state index contributed by atoms with van der Waals surface area (Å²) in [4.78, 5) is 24.0. The van der Waals surface area contributed by atoms with E-state index in [1.165, 1.54) is 0 Å². The summed E-state index contributed by atoms with van der Waals surface area (Å²) in [6.07, 6.45) is 0. The fourth-order valence-electron chi connectivity index (χ4n) is 2.79. The Morgan fingerprint density at radius 1 is 1.18 bits per heavy atom. The van der Waals surface area contributed by atoms with Gasteiger partial charge in [-0.1, -0.05) is 44.2 Å². The van der Waals surface area contributed by atoms with Crippen molar-refractivity contribution in [2.24, 2.45) is 11.8 Å². The molecule has 17 heavy (non-hydrogen) atoms. The van der Waals surface area contributed by atoms with Gasteiger partial charge < -0.3 is 0 Å². The summed E-state index contributed by atoms with van der Waals surface area (Å²) in [6, 6.07) is 9.52. The summed E-state index contributed by atoms with van der Waals surface area (Å²) >= 11 is 0. The van der Waals surface area contributed by atoms with Crippen molar-refractivity contribution >= 4 is 11.8 Å². The van der Waals surface area contributed by atoms with Crippen molar-refractivity contribution in [2.75, 3.05) is 0 Å². The van der Waals surface area contributed by atoms with Crippen LogP contribution in [0.1, 0.15) is 26.3 Å². The molecule has 0 spiro atoms. The van der Waals surface area contributed by atoms with Gasteiger partial charge >= 0.3 is 0 Å². The summed E-state index contributed by atoms with van der Waals surface area (Å²) in [5.41, 5.74) is 0.161. The summed E-state index contributed by atoms with van der Waals surface area (Å²) in [5.74, 6) is -0.507. The van der Waals surface area contributed by atoms with Crippen LogP contribution in [-0.4, -0.2) is 11.8 Å². The van der Waals surface area contributed by atoms with Crippen LogP contribution in [0.5, 0.6) is 0 Å². The number of nitrogens with one attached hydrogen (secondary N) is 1. The Labute approximate surface area is 101 Å². The second-order valence-corrected chi connectivity index (χ2v) is 5.11. The summed E-state index contributed by atoms with van der Waals surface area (Å²) < 4.78 is 0. The molecule has 0 bridgehead atoms. The first-order chi connectivity index (χ1) is 7.98. The van der Waals surface area contributed by atoms with Gasteiger partial charge in [-0.2, -0.15) is 0 Å². The molecule has 1 aromatic rings. The Balaban J connectivity index is 2.54. The van der Waals surface area contributed by atoms with E-state index in [9.17, 15) is 9.59 Å². The zero-order valence-electron chi connectivity index (χ0n) is 10.4. The summed E-state index contributed by atoms with van der Waals surface area (Å²) in [5, 5.41) is 2.46. The molecule has 3 nitrogen and oxygen atoms in total. The van der Waals surface area contributed by atoms with Crippen molar-refractivity contribution in [1.29, 1.82) is 0 Å². The number of hydrogen-bond donors (Lipinski definition) is 1. The Morgan fingerprint density at radius 2 is 1.76 bits per heavy atom. The van der Waals surface area contributed by atoms with Crippen LogP contribution in [0, 0.1) is 11.8 Å². The molecule has 0 aliphatic carbocycles. The Hall–Kier alpha value is -1.64. The van der Waals surface area contributed by atoms with Gasteiger partial charge in [-0.25, -0.2) is 0 Å². The molecule has 1 heterocycles. The molecule has 3 heteroatoms. The number of hydrogen-bond acceptors (Lipinski definition) is 2. The van der Waals surface area contributed by atoms with Gasteiger partial charge in [-0.15, -0.1) is 0 Å². The molecule has 0 radical (unpaired) electrons. The average Bonchev–Trinajstić information content (AvgIpc) is 2.51. The number of benzene rings is 1. The minimum atomic E-state index is -0.744. The molecule has 90 valence electrons. The van der Waals surface area contributed by atoms with E-state index in [1.54, 1.807) is 0 Å². The van der Waals surface area contributed by atoms with E-state index < -0.39 is 5.41 Å². The van der Waals surface area contributed by atoms with Crippen LogP contribution in [0.2, 0.25) is 0 Å². The van der Waals surface area contributed by atoms with E-state index in [0.717, 1.165) is 5.56 Å². The second-order valence-electron chi connectivity index (χ2n) is 5.11. The molecule has 1 fully saturated rings. The molecule has 1 aliphatic rings. The molecule has 1 saturated heterocycles. The third kappa shape index (κ3) is 1.66. The van der Waals surface area contributed by atoms with E-state index >= 15 is 0 Å². The third-order valence-electron chi connectivity index (χ3n) is 3.65. The monoisotopic (exact) mass is 231 g/mol. The SMILES string of the molecule is CC(C)[C@@H]1C(=O)NC(=O)[C@@]1(C)c1ccccc1. The van der Waals surface area contributed by atoms with Gasteiger partial charge in [-0.3, -0.25) is 14.9 Å². The lowest BCUT2D eigenvalue weighted by atomic mass is 9.69. The zero-order chi connectivity index (χ0) is 12.6. The Morgan fingerprint density at radius 3 is 2.29 bits per heavy atom. The van der Waals surface area contributed by atoms with Crippen LogP contribution < -0.4 is 5.32 Å². The van der Waals surface area contributed by atoms with Crippen molar-refractivity contribution in [2.45, 2.75) is 26.2 Å². The molecule has 0 aromatic heterocycles. The molecule has 0 unspecified atom stereocenters. The smallest absolute Gasteiger partial charge is 0.237 e. The third-order valence-corrected chi connectivity index (χ3v) is 3.65. The number of carbonyl (C=O) groups is 2. The summed E-state index contributed by atoms with van der Waals surface area (Å²) in [7, 11) is 0. The lowest BCUT2D eigenvalue weighted by Gasteiger charge is -2.30. The van der Waals surface area contributed by atoms with Crippen LogP contribution in [0.25, 0.3) is 0 Å². The minimum Gasteiger partial charge on any atom is -0.295 e. The van der Waals surface area contributed by atoms with Crippen LogP contribution >= 0.6 is 0 Å². The maximum absolute atomic E-state index is 12.1. The van der Waals surface area contributed by atoms with Gasteiger partial charge in [0.15, 0.2) is 0 Å².